The van der Waals surface area contributed by atoms with Gasteiger partial charge in [-0.05, 0) is 37.8 Å². The highest BCUT2D eigenvalue weighted by molar-refractivity contribution is 5.82. The maximum Gasteiger partial charge on any atom is 0.408 e. The van der Waals surface area contributed by atoms with Gasteiger partial charge in [0.25, 0.3) is 0 Å². The fourth-order valence-corrected chi connectivity index (χ4v) is 5.00. The van der Waals surface area contributed by atoms with Crippen LogP contribution in [0.2, 0.25) is 0 Å². The minimum atomic E-state index is -1.02. The minimum absolute atomic E-state index is 0.0465. The minimum Gasteiger partial charge on any atom is -0.494 e. The van der Waals surface area contributed by atoms with Crippen molar-refractivity contribution in [2.75, 3.05) is 6.61 Å². The van der Waals surface area contributed by atoms with E-state index in [1.165, 1.54) is 0 Å². The van der Waals surface area contributed by atoms with Gasteiger partial charge in [-0.3, -0.25) is 0 Å². The molecule has 3 aliphatic rings. The van der Waals surface area contributed by atoms with E-state index in [-0.39, 0.29) is 12.0 Å². The molecule has 0 aromatic heterocycles. The molecule has 3 fully saturated rings. The third kappa shape index (κ3) is 3.43. The smallest absolute Gasteiger partial charge is 0.408 e. The average Bonchev–Trinajstić information content (AvgIpc) is 2.66. The molecule has 2 bridgehead atoms. The van der Waals surface area contributed by atoms with Gasteiger partial charge >= 0.3 is 12.1 Å². The number of benzene rings is 2. The van der Waals surface area contributed by atoms with Gasteiger partial charge in [0.2, 0.25) is 0 Å². The lowest BCUT2D eigenvalue weighted by Crippen LogP contribution is -2.73. The highest BCUT2D eigenvalue weighted by Crippen LogP contribution is 2.75. The molecule has 0 saturated heterocycles. The summed E-state index contributed by atoms with van der Waals surface area (Å²) in [6, 6.07) is 16.3. The number of amides is 1. The number of carbonyl (C=O) groups excluding carboxylic acids is 1. The second kappa shape index (κ2) is 7.43. The maximum absolute atomic E-state index is 12.2. The molecule has 0 spiro atoms. The van der Waals surface area contributed by atoms with E-state index < -0.39 is 23.5 Å². The summed E-state index contributed by atoms with van der Waals surface area (Å²) in [5.74, 6) is -0.154. The van der Waals surface area contributed by atoms with Gasteiger partial charge < -0.3 is 19.9 Å². The monoisotopic (exact) mass is 395 g/mol. The zero-order valence-corrected chi connectivity index (χ0v) is 16.4. The summed E-state index contributed by atoms with van der Waals surface area (Å²) < 4.78 is 11.0. The van der Waals surface area contributed by atoms with Crippen molar-refractivity contribution in [1.82, 2.24) is 5.32 Å². The van der Waals surface area contributed by atoms with Crippen LogP contribution in [-0.4, -0.2) is 29.8 Å². The van der Waals surface area contributed by atoms with E-state index >= 15 is 0 Å². The van der Waals surface area contributed by atoms with Crippen LogP contribution in [0.4, 0.5) is 4.79 Å². The lowest BCUT2D eigenvalue weighted by molar-refractivity contribution is -0.183. The van der Waals surface area contributed by atoms with Crippen molar-refractivity contribution in [2.24, 2.45) is 5.41 Å². The molecule has 6 heteroatoms. The molecular weight excluding hydrogens is 370 g/mol. The second-order valence-corrected chi connectivity index (χ2v) is 8.08. The number of aliphatic carboxylic acids is 1. The first-order valence-electron chi connectivity index (χ1n) is 9.90. The summed E-state index contributed by atoms with van der Waals surface area (Å²) in [6.45, 7) is 2.65. The first kappa shape index (κ1) is 19.3. The summed E-state index contributed by atoms with van der Waals surface area (Å²) in [6.07, 6.45) is 1.47. The van der Waals surface area contributed by atoms with Crippen LogP contribution in [0.3, 0.4) is 0 Å². The van der Waals surface area contributed by atoms with Crippen LogP contribution in [0, 0.1) is 5.41 Å². The largest absolute Gasteiger partial charge is 0.494 e. The van der Waals surface area contributed by atoms with Crippen LogP contribution in [0.15, 0.2) is 54.6 Å². The topological polar surface area (TPSA) is 84.9 Å². The SMILES string of the molecule is CCOc1ccccc1C12CC(C(NC(=O)OCc3ccccc3)C(=O)O)(C1)C2. The Morgan fingerprint density at radius 3 is 2.38 bits per heavy atom. The molecule has 1 unspecified atom stereocenters. The molecule has 5 rings (SSSR count). The number of hydrogen-bond acceptors (Lipinski definition) is 4. The number of ether oxygens (including phenoxy) is 2. The molecule has 1 atom stereocenters. The van der Waals surface area contributed by atoms with E-state index in [0.717, 1.165) is 36.1 Å². The molecule has 2 aromatic carbocycles. The maximum atomic E-state index is 12.2. The molecule has 2 aromatic rings. The molecule has 29 heavy (non-hydrogen) atoms. The van der Waals surface area contributed by atoms with Crippen molar-refractivity contribution in [3.05, 3.63) is 65.7 Å². The normalized spacial score (nSPS) is 25.1. The van der Waals surface area contributed by atoms with Gasteiger partial charge in [0.15, 0.2) is 0 Å². The van der Waals surface area contributed by atoms with E-state index in [4.69, 9.17) is 9.47 Å². The van der Waals surface area contributed by atoms with Crippen molar-refractivity contribution in [3.63, 3.8) is 0 Å². The molecule has 0 heterocycles. The van der Waals surface area contributed by atoms with E-state index in [9.17, 15) is 14.7 Å². The van der Waals surface area contributed by atoms with Crippen LogP contribution in [0.5, 0.6) is 5.75 Å². The molecule has 1 amide bonds. The van der Waals surface area contributed by atoms with E-state index in [2.05, 4.69) is 11.4 Å². The number of para-hydroxylation sites is 1. The third-order valence-corrected chi connectivity index (χ3v) is 6.16. The molecule has 152 valence electrons. The Hall–Kier alpha value is -3.02. The van der Waals surface area contributed by atoms with Crippen LogP contribution < -0.4 is 10.1 Å². The predicted molar refractivity (Wildman–Crippen MR) is 107 cm³/mol. The summed E-state index contributed by atoms with van der Waals surface area (Å²) in [5.41, 5.74) is 1.53. The van der Waals surface area contributed by atoms with Crippen molar-refractivity contribution in [1.29, 1.82) is 0 Å². The molecular formula is C23H25NO5. The molecule has 0 radical (unpaired) electrons. The molecule has 3 saturated carbocycles. The quantitative estimate of drug-likeness (QED) is 0.708. The lowest BCUT2D eigenvalue weighted by Gasteiger charge is -2.72. The molecule has 2 N–H and O–H groups in total. The average molecular weight is 395 g/mol. The number of carboxylic acids is 1. The predicted octanol–water partition coefficient (Wildman–Crippen LogP) is 3.89. The Kier molecular flexibility index (Phi) is 4.94. The van der Waals surface area contributed by atoms with Crippen molar-refractivity contribution in [2.45, 2.75) is 44.2 Å². The number of hydrogen-bond donors (Lipinski definition) is 2. The van der Waals surface area contributed by atoms with Gasteiger partial charge in [0.1, 0.15) is 18.4 Å². The first-order valence-corrected chi connectivity index (χ1v) is 9.90. The van der Waals surface area contributed by atoms with Gasteiger partial charge in [-0.15, -0.1) is 0 Å². The highest BCUT2D eigenvalue weighted by atomic mass is 16.5. The Balaban J connectivity index is 1.39. The Bertz CT molecular complexity index is 891. The second-order valence-electron chi connectivity index (χ2n) is 8.08. The van der Waals surface area contributed by atoms with Crippen molar-refractivity contribution >= 4 is 12.1 Å². The van der Waals surface area contributed by atoms with E-state index in [1.54, 1.807) is 0 Å². The fourth-order valence-electron chi connectivity index (χ4n) is 5.00. The summed E-state index contributed by atoms with van der Waals surface area (Å²) >= 11 is 0. The lowest BCUT2D eigenvalue weighted by atomic mass is 9.31. The summed E-state index contributed by atoms with van der Waals surface area (Å²) in [4.78, 5) is 24.1. The Labute approximate surface area is 169 Å². The number of rotatable bonds is 8. The highest BCUT2D eigenvalue weighted by Gasteiger charge is 2.73. The Morgan fingerprint density at radius 1 is 1.07 bits per heavy atom. The summed E-state index contributed by atoms with van der Waals surface area (Å²) in [5, 5.41) is 12.3. The first-order chi connectivity index (χ1) is 14.0. The van der Waals surface area contributed by atoms with Crippen LogP contribution >= 0.6 is 0 Å². The number of alkyl carbamates (subject to hydrolysis) is 1. The molecule has 0 aliphatic heterocycles. The van der Waals surface area contributed by atoms with Crippen molar-refractivity contribution in [3.8, 4) is 5.75 Å². The van der Waals surface area contributed by atoms with Gasteiger partial charge in [-0.25, -0.2) is 9.59 Å². The van der Waals surface area contributed by atoms with E-state index in [0.29, 0.717) is 6.61 Å². The van der Waals surface area contributed by atoms with Crippen LogP contribution in [0.25, 0.3) is 0 Å². The van der Waals surface area contributed by atoms with Crippen LogP contribution in [0.1, 0.15) is 37.3 Å². The van der Waals surface area contributed by atoms with Gasteiger partial charge in [0.05, 0.1) is 6.61 Å². The van der Waals surface area contributed by atoms with Crippen molar-refractivity contribution < 1.29 is 24.2 Å². The van der Waals surface area contributed by atoms with Gasteiger partial charge in [0, 0.05) is 16.4 Å². The molecule has 3 aliphatic carbocycles. The third-order valence-electron chi connectivity index (χ3n) is 6.16. The Morgan fingerprint density at radius 2 is 1.72 bits per heavy atom. The van der Waals surface area contributed by atoms with E-state index in [1.807, 2.05) is 55.5 Å². The van der Waals surface area contributed by atoms with Gasteiger partial charge in [-0.1, -0.05) is 48.5 Å². The standard InChI is InChI=1S/C23H25NO5/c1-2-28-18-11-7-6-10-17(18)22-13-23(14-22,15-22)19(20(25)26)24-21(27)29-12-16-8-4-3-5-9-16/h3-11,19H,2,12-15H2,1H3,(H,24,27)(H,25,26). The fraction of sp³-hybridized carbons (Fsp3) is 0.391. The zero-order valence-electron chi connectivity index (χ0n) is 16.4. The number of carbonyl (C=O) groups is 2. The molecule has 6 nitrogen and oxygen atoms in total. The number of carboxylic acid groups (broad SMARTS) is 1. The zero-order chi connectivity index (χ0) is 20.5. The summed E-state index contributed by atoms with van der Waals surface area (Å²) in [7, 11) is 0. The van der Waals surface area contributed by atoms with Gasteiger partial charge in [-0.2, -0.15) is 0 Å². The van der Waals surface area contributed by atoms with Crippen LogP contribution in [-0.2, 0) is 21.6 Å². The number of nitrogens with one attached hydrogen (secondary N) is 1.